The zero-order chi connectivity index (χ0) is 53.9. The van der Waals surface area contributed by atoms with Gasteiger partial charge in [-0.05, 0) is 63.2 Å². The van der Waals surface area contributed by atoms with Crippen molar-refractivity contribution in [3.8, 4) is 0 Å². The largest absolute Gasteiger partial charge is 0.221 e. The second-order valence-corrected chi connectivity index (χ2v) is 20.4. The van der Waals surface area contributed by atoms with E-state index in [1.165, 1.54) is 39.8 Å². The highest BCUT2D eigenvalue weighted by molar-refractivity contribution is 8.02. The molecule has 0 nitrogen and oxygen atoms in total. The SMILES string of the molecule is Cc1ccc(Sc2ccc([S+](c3ccc(C)cc3)c3ccc(C)cc3)s2)cc1.Fc1c(F)c(F)c([B-](c2c(F)c(F)c(F)c(F)c2F)(c2c(F)c(F)c(F)c(F)c2F)c2c(F)c(F)c(F)c(F)c2F)c(F)c1F. The summed E-state index contributed by atoms with van der Waals surface area (Å²) >= 11 is 3.77. The van der Waals surface area contributed by atoms with E-state index < -0.39 is 144 Å². The van der Waals surface area contributed by atoms with Gasteiger partial charge in [0, 0.05) is 11.0 Å². The third-order valence-electron chi connectivity index (χ3n) is 11.2. The standard InChI is InChI=1S/C25H23S3.C24BF20/c1-18-4-10-21(11-5-18)26-24-16-17-25(27-24)28(22-12-6-19(2)7-13-22)23-14-8-20(3)9-15-23;26-5-1(6(27)14(35)21(42)13(5)34)25(2-7(28)15(36)22(43)16(37)8(2)29,3-9(30)17(38)23(44)18(39)10(3)31)4-11(32)19(40)24(45)20(41)12(4)33/h4-17H,1-3H3;/q+1;-1. The Balaban J connectivity index is 0.000000237. The van der Waals surface area contributed by atoms with Gasteiger partial charge in [0.2, 0.25) is 4.21 Å². The molecular formula is C49H23BF20S3. The number of halogens is 20. The molecular weight excluding hydrogens is 1080 g/mol. The summed E-state index contributed by atoms with van der Waals surface area (Å²) in [6, 6.07) is 31.4. The third kappa shape index (κ3) is 9.34. The maximum Gasteiger partial charge on any atom is 0.221 e. The topological polar surface area (TPSA) is 0 Å². The van der Waals surface area contributed by atoms with Crippen LogP contribution in [0.3, 0.4) is 0 Å². The summed E-state index contributed by atoms with van der Waals surface area (Å²) in [5.41, 5.74) is -10.4. The lowest BCUT2D eigenvalue weighted by Gasteiger charge is -2.44. The Morgan fingerprint density at radius 2 is 0.534 bits per heavy atom. The molecule has 0 saturated carbocycles. The molecule has 1 heterocycles. The molecule has 0 N–H and O–H groups in total. The maximum atomic E-state index is 15.4. The van der Waals surface area contributed by atoms with E-state index in [0.29, 0.717) is 0 Å². The van der Waals surface area contributed by atoms with Crippen molar-refractivity contribution in [3.63, 3.8) is 0 Å². The van der Waals surface area contributed by atoms with E-state index in [2.05, 4.69) is 106 Å². The molecule has 0 radical (unpaired) electrons. The van der Waals surface area contributed by atoms with Gasteiger partial charge in [-0.15, -0.1) is 21.9 Å². The molecule has 73 heavy (non-hydrogen) atoms. The highest BCUT2D eigenvalue weighted by Gasteiger charge is 2.52. The first kappa shape index (κ1) is 54.4. The van der Waals surface area contributed by atoms with E-state index in [0.717, 1.165) is 0 Å². The van der Waals surface area contributed by atoms with Crippen LogP contribution in [0.4, 0.5) is 87.8 Å². The van der Waals surface area contributed by atoms with Crippen LogP contribution in [0.1, 0.15) is 16.7 Å². The van der Waals surface area contributed by atoms with E-state index in [1.807, 2.05) is 23.1 Å². The molecule has 0 bridgehead atoms. The fraction of sp³-hybridized carbons (Fsp3) is 0.0612. The third-order valence-corrected chi connectivity index (χ3v) is 16.0. The Morgan fingerprint density at radius 1 is 0.301 bits per heavy atom. The van der Waals surface area contributed by atoms with Crippen molar-refractivity contribution in [1.82, 2.24) is 0 Å². The lowest BCUT2D eigenvalue weighted by Crippen LogP contribution is -2.81. The molecule has 0 amide bonds. The molecule has 0 spiro atoms. The van der Waals surface area contributed by atoms with Gasteiger partial charge < -0.3 is 0 Å². The molecule has 380 valence electrons. The smallest absolute Gasteiger partial charge is 0.207 e. The van der Waals surface area contributed by atoms with Gasteiger partial charge in [0.1, 0.15) is 63.6 Å². The monoisotopic (exact) mass is 1100 g/mol. The second kappa shape index (κ2) is 20.8. The predicted octanol–water partition coefficient (Wildman–Crippen LogP) is 13.8. The first-order valence-electron chi connectivity index (χ1n) is 20.2. The summed E-state index contributed by atoms with van der Waals surface area (Å²) in [4.78, 5) is 4.05. The van der Waals surface area contributed by atoms with Crippen molar-refractivity contribution in [2.24, 2.45) is 0 Å². The van der Waals surface area contributed by atoms with Gasteiger partial charge in [-0.2, -0.15) is 0 Å². The molecule has 0 unspecified atom stereocenters. The van der Waals surface area contributed by atoms with Crippen molar-refractivity contribution in [3.05, 3.63) is 218 Å². The van der Waals surface area contributed by atoms with Crippen LogP contribution < -0.4 is 21.9 Å². The Labute approximate surface area is 410 Å². The zero-order valence-corrected chi connectivity index (χ0v) is 38.9. The van der Waals surface area contributed by atoms with E-state index in [-0.39, 0.29) is 10.9 Å². The fourth-order valence-corrected chi connectivity index (χ4v) is 12.7. The molecule has 0 aliphatic carbocycles. The molecule has 0 saturated heterocycles. The first-order valence-corrected chi connectivity index (χ1v) is 23.1. The van der Waals surface area contributed by atoms with Gasteiger partial charge in [-0.1, -0.05) is 76.2 Å². The molecule has 8 rings (SSSR count). The Kier molecular flexibility index (Phi) is 15.5. The van der Waals surface area contributed by atoms with Gasteiger partial charge in [0.25, 0.3) is 0 Å². The normalized spacial score (nSPS) is 11.7. The second-order valence-electron chi connectivity index (χ2n) is 15.7. The van der Waals surface area contributed by atoms with Crippen molar-refractivity contribution in [2.75, 3.05) is 0 Å². The summed E-state index contributed by atoms with van der Waals surface area (Å²) in [5.74, 6) is -71.4. The summed E-state index contributed by atoms with van der Waals surface area (Å²) < 4.78 is 297. The van der Waals surface area contributed by atoms with Gasteiger partial charge in [-0.25, -0.2) is 87.8 Å². The first-order chi connectivity index (χ1) is 34.3. The highest BCUT2D eigenvalue weighted by Crippen LogP contribution is 2.41. The number of rotatable bonds is 9. The van der Waals surface area contributed by atoms with Crippen LogP contribution in [0, 0.1) is 137 Å². The van der Waals surface area contributed by atoms with Crippen LogP contribution in [-0.2, 0) is 10.9 Å². The number of hydrogen-bond acceptors (Lipinski definition) is 2. The van der Waals surface area contributed by atoms with Crippen molar-refractivity contribution >= 4 is 62.0 Å². The molecule has 0 fully saturated rings. The number of hydrogen-bond donors (Lipinski definition) is 0. The average molecular weight is 1100 g/mol. The molecule has 7 aromatic carbocycles. The number of benzene rings is 7. The molecule has 0 aliphatic rings. The van der Waals surface area contributed by atoms with E-state index in [4.69, 9.17) is 0 Å². The summed E-state index contributed by atoms with van der Waals surface area (Å²) in [6.07, 6.45) is -7.22. The lowest BCUT2D eigenvalue weighted by molar-refractivity contribution is 0.378. The number of aryl methyl sites for hydroxylation is 3. The van der Waals surface area contributed by atoms with E-state index in [9.17, 15) is 52.7 Å². The molecule has 24 heteroatoms. The summed E-state index contributed by atoms with van der Waals surface area (Å²) in [7, 11) is -0.0668. The number of thiophene rings is 1. The zero-order valence-electron chi connectivity index (χ0n) is 36.4. The molecule has 1 aromatic heterocycles. The Hall–Kier alpha value is -6.40. The van der Waals surface area contributed by atoms with Crippen LogP contribution >= 0.6 is 23.1 Å². The van der Waals surface area contributed by atoms with Gasteiger partial charge in [0.05, 0.1) is 4.21 Å². The minimum atomic E-state index is -7.22. The highest BCUT2D eigenvalue weighted by atomic mass is 32.2. The van der Waals surface area contributed by atoms with Crippen molar-refractivity contribution < 1.29 is 87.8 Å². The quantitative estimate of drug-likeness (QED) is 0.0456. The maximum absolute atomic E-state index is 15.4. The van der Waals surface area contributed by atoms with Crippen LogP contribution in [0.2, 0.25) is 0 Å². The van der Waals surface area contributed by atoms with Crippen molar-refractivity contribution in [1.29, 1.82) is 0 Å². The van der Waals surface area contributed by atoms with Crippen LogP contribution in [0.25, 0.3) is 0 Å². The van der Waals surface area contributed by atoms with Crippen LogP contribution in [-0.4, -0.2) is 6.15 Å². The Morgan fingerprint density at radius 3 is 0.795 bits per heavy atom. The van der Waals surface area contributed by atoms with E-state index >= 15 is 35.1 Å². The van der Waals surface area contributed by atoms with Crippen molar-refractivity contribution in [2.45, 2.75) is 43.9 Å². The lowest BCUT2D eigenvalue weighted by atomic mass is 9.12. The molecule has 8 aromatic rings. The minimum absolute atomic E-state index is 0.0668. The predicted molar refractivity (Wildman–Crippen MR) is 233 cm³/mol. The summed E-state index contributed by atoms with van der Waals surface area (Å²) in [5, 5.41) is 0. The van der Waals surface area contributed by atoms with Gasteiger partial charge in [-0.3, -0.25) is 0 Å². The van der Waals surface area contributed by atoms with Crippen LogP contribution in [0.15, 0.2) is 108 Å². The van der Waals surface area contributed by atoms with Gasteiger partial charge >= 0.3 is 0 Å². The Bertz CT molecular complexity index is 3030. The van der Waals surface area contributed by atoms with Crippen LogP contribution in [0.5, 0.6) is 0 Å². The molecule has 0 atom stereocenters. The molecule has 0 aliphatic heterocycles. The van der Waals surface area contributed by atoms with Gasteiger partial charge in [0.15, 0.2) is 79.6 Å². The minimum Gasteiger partial charge on any atom is -0.207 e. The average Bonchev–Trinajstić information content (AvgIpc) is 3.83. The fourth-order valence-electron chi connectivity index (χ4n) is 7.78. The van der Waals surface area contributed by atoms with E-state index in [1.54, 1.807) is 0 Å². The summed E-state index contributed by atoms with van der Waals surface area (Å²) in [6.45, 7) is 6.43.